The molecule has 2 aromatic rings. The van der Waals surface area contributed by atoms with Crippen LogP contribution in [0.4, 0.5) is 4.39 Å². The molecule has 5 heteroatoms. The first-order valence-corrected chi connectivity index (χ1v) is 8.95. The molecule has 2 heterocycles. The Bertz CT molecular complexity index is 811. The Balaban J connectivity index is 1.62. The Morgan fingerprint density at radius 1 is 1.16 bits per heavy atom. The fourth-order valence-corrected chi connectivity index (χ4v) is 4.61. The smallest absolute Gasteiger partial charge is 0.255 e. The number of aromatic nitrogens is 1. The van der Waals surface area contributed by atoms with Crippen LogP contribution in [-0.4, -0.2) is 34.5 Å². The summed E-state index contributed by atoms with van der Waals surface area (Å²) in [5.74, 6) is 0.828. The summed E-state index contributed by atoms with van der Waals surface area (Å²) in [6, 6.07) is 8.53. The highest BCUT2D eigenvalue weighted by Crippen LogP contribution is 2.38. The van der Waals surface area contributed by atoms with Crippen LogP contribution in [0, 0.1) is 31.5 Å². The molecular weight excluding hydrogens is 317 g/mol. The van der Waals surface area contributed by atoms with Crippen molar-refractivity contribution in [3.8, 4) is 5.69 Å². The molecule has 2 N–H and O–H groups in total. The van der Waals surface area contributed by atoms with Crippen molar-refractivity contribution >= 4 is 5.91 Å². The third-order valence-electron chi connectivity index (χ3n) is 5.95. The predicted molar refractivity (Wildman–Crippen MR) is 95.3 cm³/mol. The van der Waals surface area contributed by atoms with E-state index < -0.39 is 0 Å². The van der Waals surface area contributed by atoms with Gasteiger partial charge in [0.05, 0.1) is 5.56 Å². The summed E-state index contributed by atoms with van der Waals surface area (Å²) < 4.78 is 15.2. The summed E-state index contributed by atoms with van der Waals surface area (Å²) in [4.78, 5) is 15.0. The second kappa shape index (κ2) is 5.99. The van der Waals surface area contributed by atoms with Crippen LogP contribution in [0.1, 0.15) is 34.6 Å². The van der Waals surface area contributed by atoms with Crippen molar-refractivity contribution in [2.75, 3.05) is 13.1 Å². The molecule has 0 spiro atoms. The number of nitrogens with zero attached hydrogens (tertiary/aromatic N) is 2. The lowest BCUT2D eigenvalue weighted by molar-refractivity contribution is 0.0779. The molecule has 1 saturated carbocycles. The first-order chi connectivity index (χ1) is 12.0. The first-order valence-electron chi connectivity index (χ1n) is 8.95. The Morgan fingerprint density at radius 3 is 2.56 bits per heavy atom. The van der Waals surface area contributed by atoms with Gasteiger partial charge in [0.2, 0.25) is 0 Å². The SMILES string of the molecule is Cc1cc(C(=O)N2CC3CCC(N)C3C2)c(C)n1-c1ccc(F)cc1. The van der Waals surface area contributed by atoms with Crippen molar-refractivity contribution in [1.82, 2.24) is 9.47 Å². The van der Waals surface area contributed by atoms with Crippen LogP contribution in [0.2, 0.25) is 0 Å². The lowest BCUT2D eigenvalue weighted by Crippen LogP contribution is -2.33. The van der Waals surface area contributed by atoms with Gasteiger partial charge in [-0.25, -0.2) is 4.39 Å². The third-order valence-corrected chi connectivity index (χ3v) is 5.95. The molecule has 2 fully saturated rings. The van der Waals surface area contributed by atoms with E-state index in [0.717, 1.165) is 48.6 Å². The van der Waals surface area contributed by atoms with Crippen molar-refractivity contribution in [1.29, 1.82) is 0 Å². The highest BCUT2D eigenvalue weighted by Gasteiger charge is 2.43. The number of hydrogen-bond donors (Lipinski definition) is 1. The fourth-order valence-electron chi connectivity index (χ4n) is 4.61. The van der Waals surface area contributed by atoms with Crippen molar-refractivity contribution in [2.24, 2.45) is 17.6 Å². The first kappa shape index (κ1) is 16.3. The number of benzene rings is 1. The Hall–Kier alpha value is -2.14. The molecule has 0 bridgehead atoms. The lowest BCUT2D eigenvalue weighted by atomic mass is 9.98. The fraction of sp³-hybridized carbons (Fsp3) is 0.450. The van der Waals surface area contributed by atoms with Gasteiger partial charge in [0.25, 0.3) is 5.91 Å². The van der Waals surface area contributed by atoms with Gasteiger partial charge in [0, 0.05) is 36.2 Å². The largest absolute Gasteiger partial charge is 0.338 e. The third kappa shape index (κ3) is 2.67. The highest BCUT2D eigenvalue weighted by molar-refractivity contribution is 5.96. The summed E-state index contributed by atoms with van der Waals surface area (Å²) in [5.41, 5.74) is 9.67. The van der Waals surface area contributed by atoms with E-state index in [4.69, 9.17) is 5.73 Å². The molecule has 132 valence electrons. The van der Waals surface area contributed by atoms with E-state index in [-0.39, 0.29) is 17.8 Å². The number of rotatable bonds is 2. The number of fused-ring (bicyclic) bond motifs is 1. The van der Waals surface area contributed by atoms with Crippen LogP contribution in [0.25, 0.3) is 5.69 Å². The van der Waals surface area contributed by atoms with Crippen LogP contribution in [0.3, 0.4) is 0 Å². The normalized spacial score (nSPS) is 25.4. The molecule has 1 aromatic carbocycles. The molecule has 3 unspecified atom stereocenters. The Morgan fingerprint density at radius 2 is 1.88 bits per heavy atom. The van der Waals surface area contributed by atoms with Crippen molar-refractivity contribution in [3.05, 3.63) is 53.1 Å². The monoisotopic (exact) mass is 341 g/mol. The van der Waals surface area contributed by atoms with E-state index in [2.05, 4.69) is 0 Å². The van der Waals surface area contributed by atoms with Gasteiger partial charge in [-0.2, -0.15) is 0 Å². The van der Waals surface area contributed by atoms with Gasteiger partial charge in [-0.15, -0.1) is 0 Å². The van der Waals surface area contributed by atoms with Gasteiger partial charge in [0.1, 0.15) is 5.82 Å². The van der Waals surface area contributed by atoms with E-state index in [1.54, 1.807) is 12.1 Å². The van der Waals surface area contributed by atoms with Gasteiger partial charge in [-0.1, -0.05) is 0 Å². The van der Waals surface area contributed by atoms with Gasteiger partial charge < -0.3 is 15.2 Å². The van der Waals surface area contributed by atoms with Crippen LogP contribution in [0.5, 0.6) is 0 Å². The molecule has 1 aliphatic heterocycles. The van der Waals surface area contributed by atoms with Crippen LogP contribution in [-0.2, 0) is 0 Å². The zero-order chi connectivity index (χ0) is 17.7. The second-order valence-electron chi connectivity index (χ2n) is 7.47. The summed E-state index contributed by atoms with van der Waals surface area (Å²) in [5, 5.41) is 0. The number of nitrogens with two attached hydrogens (primary N) is 1. The van der Waals surface area contributed by atoms with Gasteiger partial charge in [-0.05, 0) is 68.9 Å². The van der Waals surface area contributed by atoms with Gasteiger partial charge in [-0.3, -0.25) is 4.79 Å². The average molecular weight is 341 g/mol. The van der Waals surface area contributed by atoms with Gasteiger partial charge in [0.15, 0.2) is 0 Å². The Labute approximate surface area is 147 Å². The zero-order valence-corrected chi connectivity index (χ0v) is 14.7. The molecule has 2 aliphatic rings. The minimum Gasteiger partial charge on any atom is -0.338 e. The number of hydrogen-bond acceptors (Lipinski definition) is 2. The second-order valence-corrected chi connectivity index (χ2v) is 7.47. The summed E-state index contributed by atoms with van der Waals surface area (Å²) in [6.07, 6.45) is 2.21. The van der Waals surface area contributed by atoms with E-state index in [9.17, 15) is 9.18 Å². The van der Waals surface area contributed by atoms with Gasteiger partial charge >= 0.3 is 0 Å². The maximum atomic E-state index is 13.2. The number of carbonyl (C=O) groups excluding carboxylic acids is 1. The number of carbonyl (C=O) groups is 1. The van der Waals surface area contributed by atoms with E-state index in [0.29, 0.717) is 11.8 Å². The van der Waals surface area contributed by atoms with Crippen LogP contribution in [0.15, 0.2) is 30.3 Å². The number of amides is 1. The molecule has 25 heavy (non-hydrogen) atoms. The van der Waals surface area contributed by atoms with Crippen LogP contribution >= 0.6 is 0 Å². The predicted octanol–water partition coefficient (Wildman–Crippen LogP) is 3.04. The quantitative estimate of drug-likeness (QED) is 0.913. The van der Waals surface area contributed by atoms with E-state index in [1.165, 1.54) is 12.1 Å². The minimum atomic E-state index is -0.262. The summed E-state index contributed by atoms with van der Waals surface area (Å²) in [6.45, 7) is 5.51. The topological polar surface area (TPSA) is 51.3 Å². The summed E-state index contributed by atoms with van der Waals surface area (Å²) in [7, 11) is 0. The zero-order valence-electron chi connectivity index (χ0n) is 14.7. The van der Waals surface area contributed by atoms with Crippen molar-refractivity contribution in [2.45, 2.75) is 32.7 Å². The molecule has 1 amide bonds. The highest BCUT2D eigenvalue weighted by atomic mass is 19.1. The average Bonchev–Trinajstić information content (AvgIpc) is 3.24. The molecule has 4 rings (SSSR count). The maximum absolute atomic E-state index is 13.2. The molecule has 1 aliphatic carbocycles. The molecule has 1 aromatic heterocycles. The Kier molecular flexibility index (Phi) is 3.91. The van der Waals surface area contributed by atoms with E-state index in [1.807, 2.05) is 29.4 Å². The molecule has 3 atom stereocenters. The molecule has 0 radical (unpaired) electrons. The molecule has 4 nitrogen and oxygen atoms in total. The maximum Gasteiger partial charge on any atom is 0.255 e. The number of aryl methyl sites for hydroxylation is 1. The van der Waals surface area contributed by atoms with Crippen molar-refractivity contribution in [3.63, 3.8) is 0 Å². The standard InChI is InChI=1S/C20H24FN3O/c1-12-9-17(13(2)24(12)16-6-4-15(21)5-7-16)20(25)23-10-14-3-8-19(22)18(14)11-23/h4-7,9,14,18-19H,3,8,10-11,22H2,1-2H3. The summed E-state index contributed by atoms with van der Waals surface area (Å²) >= 11 is 0. The van der Waals surface area contributed by atoms with E-state index >= 15 is 0 Å². The molecule has 1 saturated heterocycles. The minimum absolute atomic E-state index is 0.0862. The number of halogens is 1. The lowest BCUT2D eigenvalue weighted by Gasteiger charge is -2.19. The number of likely N-dealkylation sites (tertiary alicyclic amines) is 1. The molecular formula is C20H24FN3O. The van der Waals surface area contributed by atoms with Crippen molar-refractivity contribution < 1.29 is 9.18 Å². The van der Waals surface area contributed by atoms with Crippen LogP contribution < -0.4 is 5.73 Å².